The largest absolute Gasteiger partial charge is 0.496 e. The molecule has 0 bridgehead atoms. The zero-order valence-electron chi connectivity index (χ0n) is 15.2. The van der Waals surface area contributed by atoms with Crippen molar-refractivity contribution in [1.82, 2.24) is 9.80 Å². The van der Waals surface area contributed by atoms with E-state index < -0.39 is 0 Å². The number of ether oxygens (including phenoxy) is 1. The Morgan fingerprint density at radius 1 is 1.12 bits per heavy atom. The summed E-state index contributed by atoms with van der Waals surface area (Å²) in [6.07, 6.45) is 6.13. The maximum Gasteiger partial charge on any atom is 0.121 e. The van der Waals surface area contributed by atoms with Crippen LogP contribution < -0.4 is 4.74 Å². The molecule has 2 heterocycles. The minimum absolute atomic E-state index is 0.226. The first-order chi connectivity index (χ1) is 11.7. The van der Waals surface area contributed by atoms with Gasteiger partial charge in [-0.2, -0.15) is 0 Å². The van der Waals surface area contributed by atoms with E-state index in [0.29, 0.717) is 6.04 Å². The van der Waals surface area contributed by atoms with Crippen LogP contribution in [0.15, 0.2) is 18.2 Å². The predicted octanol–water partition coefficient (Wildman–Crippen LogP) is 2.81. The maximum atomic E-state index is 10.7. The number of piperidine rings is 1. The van der Waals surface area contributed by atoms with Crippen molar-refractivity contribution < 1.29 is 9.84 Å². The highest BCUT2D eigenvalue weighted by Crippen LogP contribution is 2.24. The van der Waals surface area contributed by atoms with Crippen LogP contribution in [0.4, 0.5) is 0 Å². The summed E-state index contributed by atoms with van der Waals surface area (Å²) in [5.41, 5.74) is 2.48. The van der Waals surface area contributed by atoms with Crippen LogP contribution in [0.25, 0.3) is 0 Å². The van der Waals surface area contributed by atoms with Crippen molar-refractivity contribution in [2.75, 3.05) is 33.3 Å². The van der Waals surface area contributed by atoms with Gasteiger partial charge in [-0.25, -0.2) is 0 Å². The van der Waals surface area contributed by atoms with E-state index in [-0.39, 0.29) is 6.10 Å². The van der Waals surface area contributed by atoms with E-state index >= 15 is 0 Å². The second kappa shape index (κ2) is 8.32. The van der Waals surface area contributed by atoms with Crippen LogP contribution >= 0.6 is 0 Å². The fourth-order valence-corrected chi connectivity index (χ4v) is 4.28. The summed E-state index contributed by atoms with van der Waals surface area (Å²) in [6, 6.07) is 6.74. The highest BCUT2D eigenvalue weighted by atomic mass is 16.5. The molecule has 1 N–H and O–H groups in total. The Hall–Kier alpha value is -1.10. The molecule has 4 heteroatoms. The molecule has 0 saturated carbocycles. The molecule has 0 radical (unpaired) electrons. The van der Waals surface area contributed by atoms with Gasteiger partial charge in [0.1, 0.15) is 5.75 Å². The average Bonchev–Trinajstić information content (AvgIpc) is 2.84. The molecular formula is C20H32N2O2. The van der Waals surface area contributed by atoms with Gasteiger partial charge < -0.3 is 9.84 Å². The Bertz CT molecular complexity index is 526. The number of aliphatic hydroxyl groups is 1. The fourth-order valence-electron chi connectivity index (χ4n) is 4.28. The average molecular weight is 332 g/mol. The van der Waals surface area contributed by atoms with Gasteiger partial charge in [-0.3, -0.25) is 9.80 Å². The number of benzene rings is 1. The molecule has 4 nitrogen and oxygen atoms in total. The van der Waals surface area contributed by atoms with Crippen molar-refractivity contribution in [2.24, 2.45) is 0 Å². The number of hydrogen-bond acceptors (Lipinski definition) is 4. The smallest absolute Gasteiger partial charge is 0.121 e. The topological polar surface area (TPSA) is 35.9 Å². The van der Waals surface area contributed by atoms with Crippen LogP contribution in [0, 0.1) is 6.92 Å². The van der Waals surface area contributed by atoms with Crippen LogP contribution in [-0.2, 0) is 6.54 Å². The quantitative estimate of drug-likeness (QED) is 0.920. The highest BCUT2D eigenvalue weighted by Gasteiger charge is 2.32. The standard InChI is InChI=1S/C20H32N2O2/c1-16-13-17(7-8-20(16)24-2)14-21-12-9-18(19(23)15-21)22-10-5-3-4-6-11-22/h7-8,13,18-19,23H,3-6,9-12,14-15H2,1-2H3/t18-,19-/m1/s1. The van der Waals surface area contributed by atoms with Crippen molar-refractivity contribution in [2.45, 2.75) is 57.7 Å². The van der Waals surface area contributed by atoms with Gasteiger partial charge >= 0.3 is 0 Å². The molecule has 0 unspecified atom stereocenters. The maximum absolute atomic E-state index is 10.7. The summed E-state index contributed by atoms with van der Waals surface area (Å²) < 4.78 is 5.34. The van der Waals surface area contributed by atoms with Crippen LogP contribution in [0.1, 0.15) is 43.2 Å². The third-order valence-corrected chi connectivity index (χ3v) is 5.61. The third kappa shape index (κ3) is 4.29. The van der Waals surface area contributed by atoms with E-state index in [0.717, 1.165) is 31.8 Å². The molecule has 24 heavy (non-hydrogen) atoms. The molecule has 0 aliphatic carbocycles. The summed E-state index contributed by atoms with van der Waals surface area (Å²) in [7, 11) is 1.71. The molecule has 0 aromatic heterocycles. The number of hydrogen-bond donors (Lipinski definition) is 1. The van der Waals surface area contributed by atoms with Crippen LogP contribution in [0.3, 0.4) is 0 Å². The van der Waals surface area contributed by atoms with E-state index in [4.69, 9.17) is 4.74 Å². The first-order valence-corrected chi connectivity index (χ1v) is 9.45. The molecule has 2 aliphatic heterocycles. The minimum atomic E-state index is -0.226. The normalized spacial score (nSPS) is 27.0. The monoisotopic (exact) mass is 332 g/mol. The van der Waals surface area contributed by atoms with Gasteiger partial charge in [0, 0.05) is 25.7 Å². The first kappa shape index (κ1) is 17.7. The molecule has 0 spiro atoms. The van der Waals surface area contributed by atoms with E-state index in [1.165, 1.54) is 49.9 Å². The van der Waals surface area contributed by atoms with Crippen molar-refractivity contribution in [3.63, 3.8) is 0 Å². The van der Waals surface area contributed by atoms with E-state index in [9.17, 15) is 5.11 Å². The van der Waals surface area contributed by atoms with Crippen molar-refractivity contribution in [1.29, 1.82) is 0 Å². The molecular weight excluding hydrogens is 300 g/mol. The van der Waals surface area contributed by atoms with Gasteiger partial charge in [0.15, 0.2) is 0 Å². The lowest BCUT2D eigenvalue weighted by atomic mass is 9.99. The van der Waals surface area contributed by atoms with Crippen molar-refractivity contribution >= 4 is 0 Å². The van der Waals surface area contributed by atoms with Crippen molar-refractivity contribution in [3.05, 3.63) is 29.3 Å². The number of aryl methyl sites for hydroxylation is 1. The number of β-amino-alcohol motifs (C(OH)–C–C–N with tert-alkyl or cyclic N) is 1. The summed E-state index contributed by atoms with van der Waals surface area (Å²) in [6.45, 7) is 7.19. The number of nitrogens with zero attached hydrogens (tertiary/aromatic N) is 2. The molecule has 2 atom stereocenters. The number of aliphatic hydroxyl groups excluding tert-OH is 1. The van der Waals surface area contributed by atoms with Gasteiger partial charge in [0.05, 0.1) is 13.2 Å². The lowest BCUT2D eigenvalue weighted by Crippen LogP contribution is -2.54. The fraction of sp³-hybridized carbons (Fsp3) is 0.700. The summed E-state index contributed by atoms with van der Waals surface area (Å²) in [5, 5.41) is 10.7. The van der Waals surface area contributed by atoms with Gasteiger partial charge in [-0.05, 0) is 56.5 Å². The third-order valence-electron chi connectivity index (χ3n) is 5.61. The molecule has 2 fully saturated rings. The van der Waals surface area contributed by atoms with Gasteiger partial charge in [-0.1, -0.05) is 25.0 Å². The molecule has 1 aromatic rings. The van der Waals surface area contributed by atoms with E-state index in [1.54, 1.807) is 7.11 Å². The number of methoxy groups -OCH3 is 1. The lowest BCUT2D eigenvalue weighted by molar-refractivity contribution is -0.0144. The zero-order valence-corrected chi connectivity index (χ0v) is 15.2. The summed E-state index contributed by atoms with van der Waals surface area (Å²) in [4.78, 5) is 4.94. The van der Waals surface area contributed by atoms with Crippen LogP contribution in [0.5, 0.6) is 5.75 Å². The number of likely N-dealkylation sites (tertiary alicyclic amines) is 2. The Morgan fingerprint density at radius 3 is 2.50 bits per heavy atom. The van der Waals surface area contributed by atoms with Gasteiger partial charge in [0.2, 0.25) is 0 Å². The second-order valence-corrected chi connectivity index (χ2v) is 7.41. The molecule has 3 rings (SSSR count). The number of rotatable bonds is 4. The summed E-state index contributed by atoms with van der Waals surface area (Å²) in [5.74, 6) is 0.943. The first-order valence-electron chi connectivity index (χ1n) is 9.45. The minimum Gasteiger partial charge on any atom is -0.496 e. The SMILES string of the molecule is COc1ccc(CN2CC[C@@H](N3CCCCCC3)[C@H](O)C2)cc1C. The van der Waals surface area contributed by atoms with Gasteiger partial charge in [0.25, 0.3) is 0 Å². The van der Waals surface area contributed by atoms with Crippen LogP contribution in [-0.4, -0.2) is 60.3 Å². The summed E-state index contributed by atoms with van der Waals surface area (Å²) >= 11 is 0. The molecule has 1 aromatic carbocycles. The highest BCUT2D eigenvalue weighted by molar-refractivity contribution is 5.36. The zero-order chi connectivity index (χ0) is 16.9. The molecule has 0 amide bonds. The van der Waals surface area contributed by atoms with Crippen LogP contribution in [0.2, 0.25) is 0 Å². The Balaban J connectivity index is 1.56. The van der Waals surface area contributed by atoms with Gasteiger partial charge in [-0.15, -0.1) is 0 Å². The van der Waals surface area contributed by atoms with E-state index in [1.807, 2.05) is 6.07 Å². The molecule has 134 valence electrons. The Labute approximate surface area is 146 Å². The molecule has 2 saturated heterocycles. The second-order valence-electron chi connectivity index (χ2n) is 7.41. The van der Waals surface area contributed by atoms with E-state index in [2.05, 4.69) is 28.9 Å². The Kier molecular flexibility index (Phi) is 6.14. The lowest BCUT2D eigenvalue weighted by Gasteiger charge is -2.41. The molecule has 2 aliphatic rings. The van der Waals surface area contributed by atoms with Crippen molar-refractivity contribution in [3.8, 4) is 5.75 Å². The Morgan fingerprint density at radius 2 is 1.88 bits per heavy atom. The predicted molar refractivity (Wildman–Crippen MR) is 97.5 cm³/mol.